The molecule has 114 valence electrons. The van der Waals surface area contributed by atoms with Gasteiger partial charge in [-0.1, -0.05) is 24.3 Å². The molecule has 0 bridgehead atoms. The van der Waals surface area contributed by atoms with Crippen LogP contribution in [0.5, 0.6) is 0 Å². The second kappa shape index (κ2) is 7.07. The van der Waals surface area contributed by atoms with Crippen molar-refractivity contribution in [2.45, 2.75) is 39.2 Å². The number of rotatable bonds is 4. The molecule has 0 spiro atoms. The van der Waals surface area contributed by atoms with E-state index in [0.717, 1.165) is 11.1 Å². The van der Waals surface area contributed by atoms with Gasteiger partial charge < -0.3 is 9.47 Å². The predicted octanol–water partition coefficient (Wildman–Crippen LogP) is 3.32. The molecule has 4 nitrogen and oxygen atoms in total. The van der Waals surface area contributed by atoms with Gasteiger partial charge in [0.1, 0.15) is 5.60 Å². The molecule has 0 N–H and O–H groups in total. The first-order valence-corrected chi connectivity index (χ1v) is 6.82. The number of hydrogen-bond acceptors (Lipinski definition) is 4. The van der Waals surface area contributed by atoms with Gasteiger partial charge in [0.15, 0.2) is 0 Å². The third-order valence-electron chi connectivity index (χ3n) is 2.78. The standard InChI is InChI=1S/C17H22O4/c1-12(16(19)21-17(2,3)4)14-8-6-7-13(11-14)9-10-15(18)20-5/h6-12H,1-5H3/t12-/m0/s1. The van der Waals surface area contributed by atoms with Crippen molar-refractivity contribution < 1.29 is 19.1 Å². The summed E-state index contributed by atoms with van der Waals surface area (Å²) in [7, 11) is 1.33. The number of methoxy groups -OCH3 is 1. The molecule has 0 unspecified atom stereocenters. The average Bonchev–Trinajstić information content (AvgIpc) is 2.42. The lowest BCUT2D eigenvalue weighted by atomic mass is 9.98. The third-order valence-corrected chi connectivity index (χ3v) is 2.78. The van der Waals surface area contributed by atoms with Crippen LogP contribution < -0.4 is 0 Å². The summed E-state index contributed by atoms with van der Waals surface area (Å²) in [6.07, 6.45) is 2.99. The van der Waals surface area contributed by atoms with Crippen LogP contribution in [-0.2, 0) is 19.1 Å². The molecule has 0 saturated heterocycles. The van der Waals surface area contributed by atoms with Crippen LogP contribution in [0.25, 0.3) is 6.08 Å². The summed E-state index contributed by atoms with van der Waals surface area (Å²) in [6.45, 7) is 7.32. The molecule has 0 saturated carbocycles. The Morgan fingerprint density at radius 3 is 2.48 bits per heavy atom. The smallest absolute Gasteiger partial charge is 0.330 e. The maximum absolute atomic E-state index is 12.1. The Morgan fingerprint density at radius 2 is 1.90 bits per heavy atom. The molecule has 0 aliphatic carbocycles. The summed E-state index contributed by atoms with van der Waals surface area (Å²) in [5.74, 6) is -1.05. The number of carbonyl (C=O) groups excluding carboxylic acids is 2. The summed E-state index contributed by atoms with van der Waals surface area (Å²) in [4.78, 5) is 23.2. The molecule has 4 heteroatoms. The van der Waals surface area contributed by atoms with Crippen molar-refractivity contribution in [2.24, 2.45) is 0 Å². The normalized spacial score (nSPS) is 13.0. The summed E-state index contributed by atoms with van der Waals surface area (Å²) in [6, 6.07) is 7.41. The summed E-state index contributed by atoms with van der Waals surface area (Å²) in [5, 5.41) is 0. The van der Waals surface area contributed by atoms with Crippen LogP contribution in [-0.4, -0.2) is 24.6 Å². The van der Waals surface area contributed by atoms with Gasteiger partial charge in [0, 0.05) is 6.08 Å². The van der Waals surface area contributed by atoms with E-state index in [1.807, 2.05) is 45.0 Å². The van der Waals surface area contributed by atoms with E-state index in [1.54, 1.807) is 13.0 Å². The molecule has 0 aliphatic heterocycles. The molecule has 21 heavy (non-hydrogen) atoms. The first-order valence-electron chi connectivity index (χ1n) is 6.82. The zero-order valence-corrected chi connectivity index (χ0v) is 13.2. The fourth-order valence-corrected chi connectivity index (χ4v) is 1.69. The van der Waals surface area contributed by atoms with Crippen LogP contribution in [0.1, 0.15) is 44.7 Å². The minimum atomic E-state index is -0.506. The lowest BCUT2D eigenvalue weighted by Crippen LogP contribution is -2.26. The maximum atomic E-state index is 12.1. The fraction of sp³-hybridized carbons (Fsp3) is 0.412. The maximum Gasteiger partial charge on any atom is 0.330 e. The van der Waals surface area contributed by atoms with E-state index < -0.39 is 11.6 Å². The van der Waals surface area contributed by atoms with Gasteiger partial charge in [0.25, 0.3) is 0 Å². The second-order valence-corrected chi connectivity index (χ2v) is 5.78. The molecule has 0 fully saturated rings. The Labute approximate surface area is 125 Å². The van der Waals surface area contributed by atoms with Crippen molar-refractivity contribution in [3.05, 3.63) is 41.5 Å². The number of ether oxygens (including phenoxy) is 2. The molecule has 1 atom stereocenters. The first-order chi connectivity index (χ1) is 9.73. The lowest BCUT2D eigenvalue weighted by molar-refractivity contribution is -0.156. The van der Waals surface area contributed by atoms with E-state index in [1.165, 1.54) is 13.2 Å². The highest BCUT2D eigenvalue weighted by Crippen LogP contribution is 2.21. The molecule has 1 aromatic carbocycles. The minimum absolute atomic E-state index is 0.267. The van der Waals surface area contributed by atoms with Crippen molar-refractivity contribution in [3.63, 3.8) is 0 Å². The van der Waals surface area contributed by atoms with Crippen molar-refractivity contribution in [1.82, 2.24) is 0 Å². The molecule has 0 amide bonds. The second-order valence-electron chi connectivity index (χ2n) is 5.78. The zero-order valence-electron chi connectivity index (χ0n) is 13.2. The molecular weight excluding hydrogens is 268 g/mol. The van der Waals surface area contributed by atoms with Gasteiger partial charge in [-0.3, -0.25) is 4.79 Å². The fourth-order valence-electron chi connectivity index (χ4n) is 1.69. The van der Waals surface area contributed by atoms with Crippen LogP contribution in [0.2, 0.25) is 0 Å². The molecule has 0 heterocycles. The molecule has 1 rings (SSSR count). The summed E-state index contributed by atoms with van der Waals surface area (Å²) >= 11 is 0. The van der Waals surface area contributed by atoms with Crippen LogP contribution in [0.4, 0.5) is 0 Å². The molecule has 0 aromatic heterocycles. The SMILES string of the molecule is COC(=O)C=Cc1cccc([C@H](C)C(=O)OC(C)(C)C)c1. The van der Waals surface area contributed by atoms with Gasteiger partial charge in [0.2, 0.25) is 0 Å². The topological polar surface area (TPSA) is 52.6 Å². The number of carbonyl (C=O) groups is 2. The van der Waals surface area contributed by atoms with Gasteiger partial charge in [-0.25, -0.2) is 4.79 Å². The van der Waals surface area contributed by atoms with Crippen molar-refractivity contribution >= 4 is 18.0 Å². The Kier molecular flexibility index (Phi) is 5.70. The van der Waals surface area contributed by atoms with E-state index in [-0.39, 0.29) is 11.9 Å². The highest BCUT2D eigenvalue weighted by Gasteiger charge is 2.22. The van der Waals surface area contributed by atoms with Gasteiger partial charge >= 0.3 is 11.9 Å². The predicted molar refractivity (Wildman–Crippen MR) is 81.8 cm³/mol. The quantitative estimate of drug-likeness (QED) is 0.630. The van der Waals surface area contributed by atoms with Gasteiger partial charge in [-0.15, -0.1) is 0 Å². The molecule has 0 radical (unpaired) electrons. The molecular formula is C17H22O4. The van der Waals surface area contributed by atoms with Crippen molar-refractivity contribution in [1.29, 1.82) is 0 Å². The van der Waals surface area contributed by atoms with Gasteiger partial charge in [-0.2, -0.15) is 0 Å². The largest absolute Gasteiger partial charge is 0.466 e. The number of hydrogen-bond donors (Lipinski definition) is 0. The van der Waals surface area contributed by atoms with Gasteiger partial charge in [-0.05, 0) is 44.9 Å². The summed E-state index contributed by atoms with van der Waals surface area (Å²) < 4.78 is 9.92. The van der Waals surface area contributed by atoms with E-state index >= 15 is 0 Å². The molecule has 0 aliphatic rings. The monoisotopic (exact) mass is 290 g/mol. The lowest BCUT2D eigenvalue weighted by Gasteiger charge is -2.22. The van der Waals surface area contributed by atoms with E-state index in [9.17, 15) is 9.59 Å². The Morgan fingerprint density at radius 1 is 1.24 bits per heavy atom. The zero-order chi connectivity index (χ0) is 16.0. The van der Waals surface area contributed by atoms with E-state index in [4.69, 9.17) is 4.74 Å². The Balaban J connectivity index is 2.87. The highest BCUT2D eigenvalue weighted by molar-refractivity contribution is 5.87. The number of esters is 2. The first kappa shape index (κ1) is 17.0. The number of benzene rings is 1. The Hall–Kier alpha value is -2.10. The minimum Gasteiger partial charge on any atom is -0.466 e. The van der Waals surface area contributed by atoms with Crippen LogP contribution in [0.15, 0.2) is 30.3 Å². The van der Waals surface area contributed by atoms with E-state index in [2.05, 4.69) is 4.74 Å². The van der Waals surface area contributed by atoms with Crippen LogP contribution in [0.3, 0.4) is 0 Å². The summed E-state index contributed by atoms with van der Waals surface area (Å²) in [5.41, 5.74) is 1.16. The van der Waals surface area contributed by atoms with Crippen LogP contribution >= 0.6 is 0 Å². The van der Waals surface area contributed by atoms with Gasteiger partial charge in [0.05, 0.1) is 13.0 Å². The van der Waals surface area contributed by atoms with E-state index in [0.29, 0.717) is 0 Å². The van der Waals surface area contributed by atoms with Crippen LogP contribution in [0, 0.1) is 0 Å². The highest BCUT2D eigenvalue weighted by atomic mass is 16.6. The molecule has 1 aromatic rings. The third kappa shape index (κ3) is 5.81. The average molecular weight is 290 g/mol. The van der Waals surface area contributed by atoms with Crippen molar-refractivity contribution in [2.75, 3.05) is 7.11 Å². The Bertz CT molecular complexity index is 538. The van der Waals surface area contributed by atoms with Crippen molar-refractivity contribution in [3.8, 4) is 0 Å².